The normalized spacial score (nSPS) is 12.9. The van der Waals surface area contributed by atoms with Gasteiger partial charge in [-0.1, -0.05) is 42.5 Å². The molecule has 0 saturated carbocycles. The Morgan fingerprint density at radius 1 is 0.882 bits per heavy atom. The van der Waals surface area contributed by atoms with Crippen LogP contribution >= 0.6 is 0 Å². The molecule has 1 atom stereocenters. The van der Waals surface area contributed by atoms with Gasteiger partial charge in [-0.3, -0.25) is 4.79 Å². The number of halogens is 6. The molecule has 4 nitrogen and oxygen atoms in total. The number of amides is 1. The molecule has 0 bridgehead atoms. The summed E-state index contributed by atoms with van der Waals surface area (Å²) < 4.78 is 83.2. The first kappa shape index (κ1) is 25.1. The number of carbonyl (C=O) groups excluding carboxylic acids is 2. The lowest BCUT2D eigenvalue weighted by Crippen LogP contribution is -2.43. The zero-order valence-electron chi connectivity index (χ0n) is 17.8. The summed E-state index contributed by atoms with van der Waals surface area (Å²) in [5.74, 6) is -1.73. The highest BCUT2D eigenvalue weighted by atomic mass is 19.4. The van der Waals surface area contributed by atoms with Gasteiger partial charge in [0, 0.05) is 6.42 Å². The van der Waals surface area contributed by atoms with Gasteiger partial charge in [-0.15, -0.1) is 0 Å². The minimum Gasteiger partial charge on any atom is -0.467 e. The molecular weight excluding hydrogens is 464 g/mol. The summed E-state index contributed by atoms with van der Waals surface area (Å²) in [6.45, 7) is 0. The molecule has 0 aliphatic carbocycles. The number of esters is 1. The van der Waals surface area contributed by atoms with Crippen LogP contribution in [0.3, 0.4) is 0 Å². The lowest BCUT2D eigenvalue weighted by atomic mass is 9.98. The Balaban J connectivity index is 1.85. The molecule has 3 rings (SSSR count). The Hall–Kier alpha value is -3.56. The number of rotatable bonds is 6. The standard InChI is InChI=1S/C24H19F6NO3/c1-34-22(33)20(12-16-7-4-6-15-5-2-3-8-19(15)16)31-21(32)11-14-9-17(23(25,26)27)13-18(10-14)24(28,29)30/h2-10,13,20H,11-12H2,1H3,(H,31,32)/t20-/m0/s1. The van der Waals surface area contributed by atoms with Crippen molar-refractivity contribution in [3.05, 3.63) is 82.9 Å². The van der Waals surface area contributed by atoms with E-state index in [2.05, 4.69) is 5.32 Å². The van der Waals surface area contributed by atoms with Gasteiger partial charge in [-0.25, -0.2) is 4.79 Å². The van der Waals surface area contributed by atoms with E-state index in [0.29, 0.717) is 17.7 Å². The number of benzene rings is 3. The van der Waals surface area contributed by atoms with E-state index in [4.69, 9.17) is 4.74 Å². The van der Waals surface area contributed by atoms with Crippen LogP contribution in [0.4, 0.5) is 26.3 Å². The van der Waals surface area contributed by atoms with Crippen LogP contribution in [0.25, 0.3) is 10.8 Å². The number of hydrogen-bond donors (Lipinski definition) is 1. The van der Waals surface area contributed by atoms with Crippen molar-refractivity contribution >= 4 is 22.6 Å². The number of fused-ring (bicyclic) bond motifs is 1. The number of carbonyl (C=O) groups is 2. The molecule has 0 heterocycles. The van der Waals surface area contributed by atoms with Crippen LogP contribution in [0.15, 0.2) is 60.7 Å². The van der Waals surface area contributed by atoms with Gasteiger partial charge in [0.15, 0.2) is 0 Å². The predicted octanol–water partition coefficient (Wildman–Crippen LogP) is 5.32. The average molecular weight is 483 g/mol. The number of methoxy groups -OCH3 is 1. The molecule has 3 aromatic rings. The van der Waals surface area contributed by atoms with Crippen LogP contribution < -0.4 is 5.32 Å². The molecule has 0 aliphatic heterocycles. The molecule has 0 aromatic heterocycles. The zero-order chi connectivity index (χ0) is 25.1. The van der Waals surface area contributed by atoms with Crippen LogP contribution in [-0.2, 0) is 39.5 Å². The Morgan fingerprint density at radius 2 is 1.47 bits per heavy atom. The Morgan fingerprint density at radius 3 is 2.06 bits per heavy atom. The topological polar surface area (TPSA) is 55.4 Å². The molecule has 0 fully saturated rings. The van der Waals surface area contributed by atoms with Crippen molar-refractivity contribution in [2.45, 2.75) is 31.2 Å². The van der Waals surface area contributed by atoms with E-state index < -0.39 is 53.4 Å². The minimum atomic E-state index is -5.03. The van der Waals surface area contributed by atoms with E-state index in [-0.39, 0.29) is 12.5 Å². The second-order valence-corrected chi connectivity index (χ2v) is 7.58. The maximum absolute atomic E-state index is 13.1. The van der Waals surface area contributed by atoms with Crippen LogP contribution in [-0.4, -0.2) is 25.0 Å². The van der Waals surface area contributed by atoms with Crippen molar-refractivity contribution < 1.29 is 40.7 Å². The fourth-order valence-corrected chi connectivity index (χ4v) is 3.58. The molecule has 0 unspecified atom stereocenters. The quantitative estimate of drug-likeness (QED) is 0.382. The van der Waals surface area contributed by atoms with E-state index in [0.717, 1.165) is 17.9 Å². The average Bonchev–Trinajstić information content (AvgIpc) is 2.77. The molecule has 0 aliphatic rings. The molecule has 10 heteroatoms. The fraction of sp³-hybridized carbons (Fsp3) is 0.250. The lowest BCUT2D eigenvalue weighted by molar-refractivity contribution is -0.145. The first-order valence-corrected chi connectivity index (χ1v) is 10.0. The molecule has 3 aromatic carbocycles. The van der Waals surface area contributed by atoms with Gasteiger partial charge in [0.25, 0.3) is 0 Å². The molecule has 180 valence electrons. The van der Waals surface area contributed by atoms with Gasteiger partial charge in [-0.2, -0.15) is 26.3 Å². The Labute approximate surface area is 190 Å². The molecule has 0 saturated heterocycles. The first-order chi connectivity index (χ1) is 15.9. The maximum atomic E-state index is 13.1. The highest BCUT2D eigenvalue weighted by Crippen LogP contribution is 2.36. The number of alkyl halides is 6. The third kappa shape index (κ3) is 6.06. The van der Waals surface area contributed by atoms with Gasteiger partial charge in [0.1, 0.15) is 6.04 Å². The van der Waals surface area contributed by atoms with Gasteiger partial charge < -0.3 is 10.1 Å². The van der Waals surface area contributed by atoms with E-state index in [1.54, 1.807) is 18.2 Å². The van der Waals surface area contributed by atoms with Crippen molar-refractivity contribution in [1.82, 2.24) is 5.32 Å². The van der Waals surface area contributed by atoms with E-state index >= 15 is 0 Å². The summed E-state index contributed by atoms with van der Waals surface area (Å²) in [6, 6.07) is 12.4. The van der Waals surface area contributed by atoms with Gasteiger partial charge >= 0.3 is 18.3 Å². The second-order valence-electron chi connectivity index (χ2n) is 7.58. The van der Waals surface area contributed by atoms with Crippen molar-refractivity contribution in [3.63, 3.8) is 0 Å². The monoisotopic (exact) mass is 483 g/mol. The van der Waals surface area contributed by atoms with Crippen LogP contribution in [0.5, 0.6) is 0 Å². The summed E-state index contributed by atoms with van der Waals surface area (Å²) in [5, 5.41) is 4.08. The summed E-state index contributed by atoms with van der Waals surface area (Å²) in [7, 11) is 1.10. The third-order valence-corrected chi connectivity index (χ3v) is 5.14. The van der Waals surface area contributed by atoms with Gasteiger partial charge in [0.2, 0.25) is 5.91 Å². The van der Waals surface area contributed by atoms with E-state index in [9.17, 15) is 35.9 Å². The summed E-state index contributed by atoms with van der Waals surface area (Å²) in [4.78, 5) is 24.8. The number of ether oxygens (including phenoxy) is 1. The molecular formula is C24H19F6NO3. The van der Waals surface area contributed by atoms with Crippen molar-refractivity contribution in [3.8, 4) is 0 Å². The summed E-state index contributed by atoms with van der Waals surface area (Å²) >= 11 is 0. The van der Waals surface area contributed by atoms with Gasteiger partial charge in [-0.05, 0) is 40.1 Å². The molecule has 1 amide bonds. The predicted molar refractivity (Wildman–Crippen MR) is 112 cm³/mol. The smallest absolute Gasteiger partial charge is 0.416 e. The number of hydrogen-bond acceptors (Lipinski definition) is 3. The lowest BCUT2D eigenvalue weighted by Gasteiger charge is -2.18. The van der Waals surface area contributed by atoms with Crippen LogP contribution in [0.1, 0.15) is 22.3 Å². The fourth-order valence-electron chi connectivity index (χ4n) is 3.58. The summed E-state index contributed by atoms with van der Waals surface area (Å²) in [5.41, 5.74) is -2.84. The molecule has 0 radical (unpaired) electrons. The van der Waals surface area contributed by atoms with Crippen molar-refractivity contribution in [2.24, 2.45) is 0 Å². The Kier molecular flexibility index (Phi) is 7.18. The summed E-state index contributed by atoms with van der Waals surface area (Å²) in [6.07, 6.45) is -10.9. The van der Waals surface area contributed by atoms with Crippen molar-refractivity contribution in [2.75, 3.05) is 7.11 Å². The molecule has 34 heavy (non-hydrogen) atoms. The van der Waals surface area contributed by atoms with E-state index in [1.165, 1.54) is 0 Å². The minimum absolute atomic E-state index is 0.0101. The second kappa shape index (κ2) is 9.74. The van der Waals surface area contributed by atoms with E-state index in [1.807, 2.05) is 24.3 Å². The number of nitrogens with one attached hydrogen (secondary N) is 1. The highest BCUT2D eigenvalue weighted by Gasteiger charge is 2.37. The molecule has 1 N–H and O–H groups in total. The maximum Gasteiger partial charge on any atom is 0.416 e. The largest absolute Gasteiger partial charge is 0.467 e. The third-order valence-electron chi connectivity index (χ3n) is 5.14. The highest BCUT2D eigenvalue weighted by molar-refractivity contribution is 5.88. The van der Waals surface area contributed by atoms with Gasteiger partial charge in [0.05, 0.1) is 24.7 Å². The Bertz CT molecular complexity index is 1170. The molecule has 0 spiro atoms. The van der Waals surface area contributed by atoms with Crippen LogP contribution in [0.2, 0.25) is 0 Å². The van der Waals surface area contributed by atoms with Crippen molar-refractivity contribution in [1.29, 1.82) is 0 Å². The zero-order valence-corrected chi connectivity index (χ0v) is 17.8. The first-order valence-electron chi connectivity index (χ1n) is 10.0. The van der Waals surface area contributed by atoms with Crippen LogP contribution in [0, 0.1) is 0 Å². The SMILES string of the molecule is COC(=O)[C@H](Cc1cccc2ccccc12)NC(=O)Cc1cc(C(F)(F)F)cc(C(F)(F)F)c1.